The molecule has 1 fully saturated rings. The second-order valence-electron chi connectivity index (χ2n) is 9.50. The highest BCUT2D eigenvalue weighted by Gasteiger charge is 2.28. The van der Waals surface area contributed by atoms with Gasteiger partial charge in [-0.15, -0.1) is 0 Å². The van der Waals surface area contributed by atoms with Crippen LogP contribution in [0.25, 0.3) is 0 Å². The number of hydrogen-bond donors (Lipinski definition) is 3. The van der Waals surface area contributed by atoms with Crippen LogP contribution in [0, 0.1) is 0 Å². The topological polar surface area (TPSA) is 76.7 Å². The Bertz CT molecular complexity index is 1350. The van der Waals surface area contributed by atoms with Crippen LogP contribution in [-0.2, 0) is 0 Å². The minimum atomic E-state index is -0.331. The molecule has 5 rings (SSSR count). The Morgan fingerprint density at radius 1 is 0.692 bits per heavy atom. The lowest BCUT2D eigenvalue weighted by Crippen LogP contribution is -2.48. The largest absolute Gasteiger partial charge is 0.367 e. The number of nitrogens with zero attached hydrogens (tertiary/aromatic N) is 2. The first kappa shape index (κ1) is 26.0. The predicted octanol–water partition coefficient (Wildman–Crippen LogP) is 5.60. The van der Waals surface area contributed by atoms with Gasteiger partial charge in [0.25, 0.3) is 5.91 Å². The Morgan fingerprint density at radius 2 is 1.26 bits per heavy atom. The molecule has 0 aromatic heterocycles. The Morgan fingerprint density at radius 3 is 1.82 bits per heavy atom. The number of para-hydroxylation sites is 1. The molecule has 4 aromatic rings. The number of rotatable bonds is 7. The van der Waals surface area contributed by atoms with Crippen LogP contribution < -0.4 is 20.9 Å². The van der Waals surface area contributed by atoms with E-state index in [1.165, 1.54) is 11.1 Å². The molecule has 39 heavy (non-hydrogen) atoms. The third-order valence-electron chi connectivity index (χ3n) is 7.02. The van der Waals surface area contributed by atoms with E-state index in [9.17, 15) is 9.59 Å². The molecule has 1 aliphatic heterocycles. The van der Waals surface area contributed by atoms with Crippen molar-refractivity contribution in [2.24, 2.45) is 0 Å². The van der Waals surface area contributed by atoms with E-state index in [0.29, 0.717) is 16.9 Å². The number of nitrogens with one attached hydrogen (secondary N) is 3. The van der Waals surface area contributed by atoms with E-state index >= 15 is 0 Å². The molecule has 0 unspecified atom stereocenters. The summed E-state index contributed by atoms with van der Waals surface area (Å²) in [7, 11) is 1.62. The Balaban J connectivity index is 1.37. The average Bonchev–Trinajstić information content (AvgIpc) is 2.99. The first-order chi connectivity index (χ1) is 19.1. The van der Waals surface area contributed by atoms with Crippen LogP contribution in [0.1, 0.15) is 27.5 Å². The molecule has 1 saturated heterocycles. The van der Waals surface area contributed by atoms with Gasteiger partial charge in [-0.2, -0.15) is 0 Å². The molecule has 198 valence electrons. The fourth-order valence-electron chi connectivity index (χ4n) is 5.10. The van der Waals surface area contributed by atoms with E-state index in [1.54, 1.807) is 19.2 Å². The molecule has 3 N–H and O–H groups in total. The number of urea groups is 1. The molecule has 7 heteroatoms. The second kappa shape index (κ2) is 12.3. The molecule has 4 aromatic carbocycles. The lowest BCUT2D eigenvalue weighted by atomic mass is 9.96. The lowest BCUT2D eigenvalue weighted by molar-refractivity contribution is 0.0963. The van der Waals surface area contributed by atoms with Gasteiger partial charge in [0, 0.05) is 44.5 Å². The van der Waals surface area contributed by atoms with Gasteiger partial charge in [0.1, 0.15) is 0 Å². The maximum Gasteiger partial charge on any atom is 0.323 e. The van der Waals surface area contributed by atoms with Crippen molar-refractivity contribution in [3.8, 4) is 0 Å². The van der Waals surface area contributed by atoms with Crippen molar-refractivity contribution in [1.82, 2.24) is 10.2 Å². The van der Waals surface area contributed by atoms with Crippen molar-refractivity contribution in [1.29, 1.82) is 0 Å². The fraction of sp³-hybridized carbons (Fsp3) is 0.188. The number of carbonyl (C=O) groups is 2. The van der Waals surface area contributed by atoms with Crippen LogP contribution in [0.5, 0.6) is 0 Å². The van der Waals surface area contributed by atoms with Crippen molar-refractivity contribution in [3.05, 3.63) is 126 Å². The molecular weight excluding hydrogens is 486 g/mol. The maximum atomic E-state index is 12.8. The first-order valence-corrected chi connectivity index (χ1v) is 13.2. The van der Waals surface area contributed by atoms with Crippen LogP contribution in [0.2, 0.25) is 0 Å². The molecule has 1 heterocycles. The van der Waals surface area contributed by atoms with Crippen molar-refractivity contribution in [2.45, 2.75) is 6.04 Å². The smallest absolute Gasteiger partial charge is 0.323 e. The summed E-state index contributed by atoms with van der Waals surface area (Å²) in [4.78, 5) is 30.0. The lowest BCUT2D eigenvalue weighted by Gasteiger charge is -2.41. The summed E-state index contributed by atoms with van der Waals surface area (Å²) in [5.74, 6) is -0.164. The summed E-state index contributed by atoms with van der Waals surface area (Å²) < 4.78 is 0. The monoisotopic (exact) mass is 519 g/mol. The Labute approximate surface area is 229 Å². The molecule has 7 nitrogen and oxygen atoms in total. The summed E-state index contributed by atoms with van der Waals surface area (Å²) in [6.07, 6.45) is 0. The van der Waals surface area contributed by atoms with Gasteiger partial charge in [-0.25, -0.2) is 4.79 Å². The molecule has 0 saturated carbocycles. The number of piperazine rings is 1. The van der Waals surface area contributed by atoms with E-state index in [2.05, 4.69) is 74.3 Å². The fourth-order valence-corrected chi connectivity index (χ4v) is 5.10. The minimum Gasteiger partial charge on any atom is -0.367 e. The van der Waals surface area contributed by atoms with E-state index in [0.717, 1.165) is 31.9 Å². The zero-order valence-electron chi connectivity index (χ0n) is 22.0. The third-order valence-corrected chi connectivity index (χ3v) is 7.02. The van der Waals surface area contributed by atoms with Crippen molar-refractivity contribution in [3.63, 3.8) is 0 Å². The van der Waals surface area contributed by atoms with E-state index < -0.39 is 0 Å². The summed E-state index contributed by atoms with van der Waals surface area (Å²) in [5, 5.41) is 8.56. The van der Waals surface area contributed by atoms with Gasteiger partial charge in [-0.1, -0.05) is 78.9 Å². The maximum absolute atomic E-state index is 12.8. The van der Waals surface area contributed by atoms with Gasteiger partial charge in [-0.05, 0) is 41.5 Å². The Hall–Kier alpha value is -4.62. The number of carbonyl (C=O) groups excluding carboxylic acids is 2. The summed E-state index contributed by atoms with van der Waals surface area (Å²) in [6.45, 7) is 3.16. The van der Waals surface area contributed by atoms with Gasteiger partial charge in [0.05, 0.1) is 17.4 Å². The van der Waals surface area contributed by atoms with Gasteiger partial charge in [0.2, 0.25) is 0 Å². The molecule has 0 aliphatic carbocycles. The summed E-state index contributed by atoms with van der Waals surface area (Å²) in [5.41, 5.74) is 5.27. The van der Waals surface area contributed by atoms with Crippen molar-refractivity contribution in [2.75, 3.05) is 48.8 Å². The highest BCUT2D eigenvalue weighted by Crippen LogP contribution is 2.33. The van der Waals surface area contributed by atoms with E-state index in [4.69, 9.17) is 0 Å². The highest BCUT2D eigenvalue weighted by atomic mass is 16.2. The summed E-state index contributed by atoms with van der Waals surface area (Å²) in [6, 6.07) is 35.7. The number of hydrogen-bond acceptors (Lipinski definition) is 4. The van der Waals surface area contributed by atoms with Crippen LogP contribution >= 0.6 is 0 Å². The van der Waals surface area contributed by atoms with Gasteiger partial charge >= 0.3 is 6.03 Å². The number of amides is 3. The van der Waals surface area contributed by atoms with Gasteiger partial charge in [-0.3, -0.25) is 9.69 Å². The molecule has 0 bridgehead atoms. The van der Waals surface area contributed by atoms with E-state index in [1.807, 2.05) is 48.5 Å². The highest BCUT2D eigenvalue weighted by molar-refractivity contribution is 6.03. The zero-order valence-corrected chi connectivity index (χ0v) is 22.0. The standard InChI is InChI=1S/C32H33N5O2/c1-33-31(38)26-17-18-28(35-32(39)34-27-15-9-4-10-16-27)29(23-26)36-19-21-37(22-20-36)30(24-11-5-2-6-12-24)25-13-7-3-8-14-25/h2-18,23,30H,19-22H2,1H3,(H,33,38)(H2,34,35,39). The van der Waals surface area contributed by atoms with Gasteiger partial charge < -0.3 is 20.9 Å². The zero-order chi connectivity index (χ0) is 27.0. The quantitative estimate of drug-likeness (QED) is 0.297. The molecule has 0 atom stereocenters. The molecular formula is C32H33N5O2. The van der Waals surface area contributed by atoms with Gasteiger partial charge in [0.15, 0.2) is 0 Å². The number of benzene rings is 4. The molecule has 0 spiro atoms. The Kier molecular flexibility index (Phi) is 8.19. The van der Waals surface area contributed by atoms with Crippen LogP contribution in [0.15, 0.2) is 109 Å². The normalized spacial score (nSPS) is 13.6. The predicted molar refractivity (Wildman–Crippen MR) is 157 cm³/mol. The van der Waals surface area contributed by atoms with Crippen LogP contribution in [-0.4, -0.2) is 50.1 Å². The van der Waals surface area contributed by atoms with Crippen molar-refractivity contribution >= 4 is 29.0 Å². The van der Waals surface area contributed by atoms with Crippen molar-refractivity contribution < 1.29 is 9.59 Å². The second-order valence-corrected chi connectivity index (χ2v) is 9.50. The van der Waals surface area contributed by atoms with Crippen LogP contribution in [0.4, 0.5) is 21.9 Å². The van der Waals surface area contributed by atoms with Crippen LogP contribution in [0.3, 0.4) is 0 Å². The first-order valence-electron chi connectivity index (χ1n) is 13.2. The average molecular weight is 520 g/mol. The summed E-state index contributed by atoms with van der Waals surface area (Å²) >= 11 is 0. The molecule has 1 aliphatic rings. The van der Waals surface area contributed by atoms with E-state index in [-0.39, 0.29) is 18.0 Å². The number of anilines is 3. The third kappa shape index (κ3) is 6.27. The molecule has 0 radical (unpaired) electrons. The molecule has 3 amide bonds. The SMILES string of the molecule is CNC(=O)c1ccc(NC(=O)Nc2ccccc2)c(N2CCN(C(c3ccccc3)c3ccccc3)CC2)c1. The minimum absolute atomic E-state index is 0.154.